The third kappa shape index (κ3) is 2.72. The summed E-state index contributed by atoms with van der Waals surface area (Å²) in [6, 6.07) is -0.631. The maximum atomic E-state index is 11.9. The van der Waals surface area contributed by atoms with Crippen molar-refractivity contribution in [3.8, 4) is 0 Å². The highest BCUT2D eigenvalue weighted by Gasteiger charge is 2.38. The fourth-order valence-corrected chi connectivity index (χ4v) is 2.08. The summed E-state index contributed by atoms with van der Waals surface area (Å²) < 4.78 is 0. The highest BCUT2D eigenvalue weighted by atomic mass is 16.2. The summed E-state index contributed by atoms with van der Waals surface area (Å²) in [5, 5.41) is 2.66. The van der Waals surface area contributed by atoms with Crippen molar-refractivity contribution in [1.82, 2.24) is 5.32 Å². The summed E-state index contributed by atoms with van der Waals surface area (Å²) in [7, 11) is 0. The van der Waals surface area contributed by atoms with Gasteiger partial charge >= 0.3 is 0 Å². The van der Waals surface area contributed by atoms with E-state index in [1.807, 2.05) is 13.8 Å². The fourth-order valence-electron chi connectivity index (χ4n) is 2.08. The van der Waals surface area contributed by atoms with Crippen LogP contribution in [0.2, 0.25) is 0 Å². The molecule has 0 bridgehead atoms. The van der Waals surface area contributed by atoms with E-state index in [1.165, 1.54) is 0 Å². The zero-order valence-corrected chi connectivity index (χ0v) is 9.95. The molecular formula is C11H21N3O2. The van der Waals surface area contributed by atoms with Crippen molar-refractivity contribution in [2.24, 2.45) is 17.4 Å². The van der Waals surface area contributed by atoms with Crippen LogP contribution < -0.4 is 16.8 Å². The number of primary amides is 1. The second-order valence-corrected chi connectivity index (χ2v) is 4.96. The van der Waals surface area contributed by atoms with Gasteiger partial charge in [0.1, 0.15) is 6.04 Å². The van der Waals surface area contributed by atoms with Gasteiger partial charge in [-0.2, -0.15) is 0 Å². The minimum absolute atomic E-state index is 0.0218. The van der Waals surface area contributed by atoms with Crippen LogP contribution in [0.15, 0.2) is 0 Å². The minimum atomic E-state index is -0.803. The SMILES string of the molecule is CC(C)C(NC(=O)C1(N)CCCC1)C(N)=O. The highest BCUT2D eigenvalue weighted by molar-refractivity contribution is 5.91. The number of carbonyl (C=O) groups is 2. The van der Waals surface area contributed by atoms with Crippen molar-refractivity contribution in [1.29, 1.82) is 0 Å². The quantitative estimate of drug-likeness (QED) is 0.624. The van der Waals surface area contributed by atoms with E-state index < -0.39 is 17.5 Å². The van der Waals surface area contributed by atoms with E-state index in [9.17, 15) is 9.59 Å². The molecule has 0 aromatic carbocycles. The molecule has 0 saturated heterocycles. The summed E-state index contributed by atoms with van der Waals surface area (Å²) in [6.45, 7) is 3.68. The van der Waals surface area contributed by atoms with Crippen LogP contribution in [0.3, 0.4) is 0 Å². The number of nitrogens with two attached hydrogens (primary N) is 2. The van der Waals surface area contributed by atoms with Crippen LogP contribution in [0.5, 0.6) is 0 Å². The predicted octanol–water partition coefficient (Wildman–Crippen LogP) is -0.116. The third-order valence-corrected chi connectivity index (χ3v) is 3.21. The standard InChI is InChI=1S/C11H21N3O2/c1-7(2)8(9(12)15)14-10(16)11(13)5-3-4-6-11/h7-8H,3-6,13H2,1-2H3,(H2,12,15)(H,14,16). The third-order valence-electron chi connectivity index (χ3n) is 3.21. The lowest BCUT2D eigenvalue weighted by atomic mass is 9.96. The molecule has 0 aromatic rings. The number of hydrogen-bond acceptors (Lipinski definition) is 3. The van der Waals surface area contributed by atoms with Crippen molar-refractivity contribution in [3.63, 3.8) is 0 Å². The van der Waals surface area contributed by atoms with E-state index in [2.05, 4.69) is 5.32 Å². The molecule has 5 N–H and O–H groups in total. The summed E-state index contributed by atoms with van der Waals surface area (Å²) in [5.74, 6) is -0.779. The normalized spacial score (nSPS) is 20.8. The Bertz CT molecular complexity index is 283. The predicted molar refractivity (Wildman–Crippen MR) is 61.3 cm³/mol. The van der Waals surface area contributed by atoms with Gasteiger partial charge < -0.3 is 16.8 Å². The molecule has 5 heteroatoms. The maximum Gasteiger partial charge on any atom is 0.240 e. The number of nitrogens with one attached hydrogen (secondary N) is 1. The monoisotopic (exact) mass is 227 g/mol. The second kappa shape index (κ2) is 4.82. The van der Waals surface area contributed by atoms with Gasteiger partial charge in [0.25, 0.3) is 0 Å². The molecule has 1 aliphatic carbocycles. The first-order valence-electron chi connectivity index (χ1n) is 5.76. The van der Waals surface area contributed by atoms with Crippen LogP contribution in [0.25, 0.3) is 0 Å². The Morgan fingerprint density at radius 1 is 1.25 bits per heavy atom. The first kappa shape index (κ1) is 13.0. The zero-order valence-electron chi connectivity index (χ0n) is 9.95. The Kier molecular flexibility index (Phi) is 3.91. The summed E-state index contributed by atoms with van der Waals surface area (Å²) >= 11 is 0. The topological polar surface area (TPSA) is 98.2 Å². The van der Waals surface area contributed by atoms with E-state index >= 15 is 0 Å². The highest BCUT2D eigenvalue weighted by Crippen LogP contribution is 2.27. The first-order chi connectivity index (χ1) is 7.37. The zero-order chi connectivity index (χ0) is 12.3. The molecule has 2 amide bonds. The van der Waals surface area contributed by atoms with Crippen LogP contribution in [-0.2, 0) is 9.59 Å². The molecular weight excluding hydrogens is 206 g/mol. The summed E-state index contributed by atoms with van der Waals surface area (Å²) in [6.07, 6.45) is 3.30. The van der Waals surface area contributed by atoms with E-state index in [4.69, 9.17) is 11.5 Å². The molecule has 1 saturated carbocycles. The molecule has 1 atom stereocenters. The molecule has 0 aromatic heterocycles. The molecule has 16 heavy (non-hydrogen) atoms. The lowest BCUT2D eigenvalue weighted by molar-refractivity contribution is -0.131. The van der Waals surface area contributed by atoms with Gasteiger partial charge in [-0.3, -0.25) is 9.59 Å². The largest absolute Gasteiger partial charge is 0.368 e. The Hall–Kier alpha value is -1.10. The van der Waals surface area contributed by atoms with Crippen molar-refractivity contribution < 1.29 is 9.59 Å². The van der Waals surface area contributed by atoms with Gasteiger partial charge in [-0.1, -0.05) is 26.7 Å². The summed E-state index contributed by atoms with van der Waals surface area (Å²) in [5.41, 5.74) is 10.4. The van der Waals surface area contributed by atoms with Crippen molar-refractivity contribution >= 4 is 11.8 Å². The average molecular weight is 227 g/mol. The van der Waals surface area contributed by atoms with Crippen molar-refractivity contribution in [3.05, 3.63) is 0 Å². The van der Waals surface area contributed by atoms with Crippen LogP contribution >= 0.6 is 0 Å². The van der Waals surface area contributed by atoms with Gasteiger partial charge in [-0.25, -0.2) is 0 Å². The van der Waals surface area contributed by atoms with Crippen LogP contribution in [0.4, 0.5) is 0 Å². The number of rotatable bonds is 4. The van der Waals surface area contributed by atoms with E-state index in [1.54, 1.807) is 0 Å². The van der Waals surface area contributed by atoms with Crippen molar-refractivity contribution in [2.75, 3.05) is 0 Å². The summed E-state index contributed by atoms with van der Waals surface area (Å²) in [4.78, 5) is 23.1. The van der Waals surface area contributed by atoms with Crippen molar-refractivity contribution in [2.45, 2.75) is 51.1 Å². The van der Waals surface area contributed by atoms with Gasteiger partial charge in [0.2, 0.25) is 11.8 Å². The molecule has 0 aliphatic heterocycles. The van der Waals surface area contributed by atoms with Crippen LogP contribution in [0, 0.1) is 5.92 Å². The minimum Gasteiger partial charge on any atom is -0.368 e. The molecule has 0 heterocycles. The van der Waals surface area contributed by atoms with E-state index in [0.717, 1.165) is 12.8 Å². The van der Waals surface area contributed by atoms with Gasteiger partial charge in [0, 0.05) is 0 Å². The first-order valence-corrected chi connectivity index (χ1v) is 5.76. The molecule has 1 rings (SSSR count). The molecule has 5 nitrogen and oxygen atoms in total. The van der Waals surface area contributed by atoms with Gasteiger partial charge in [-0.15, -0.1) is 0 Å². The smallest absolute Gasteiger partial charge is 0.240 e. The Balaban J connectivity index is 2.65. The molecule has 0 radical (unpaired) electrons. The van der Waals surface area contributed by atoms with E-state index in [0.29, 0.717) is 12.8 Å². The van der Waals surface area contributed by atoms with Crippen LogP contribution in [0.1, 0.15) is 39.5 Å². The molecule has 1 aliphatic rings. The number of hydrogen-bond donors (Lipinski definition) is 3. The molecule has 1 unspecified atom stereocenters. The number of amides is 2. The lowest BCUT2D eigenvalue weighted by Crippen LogP contribution is -2.58. The average Bonchev–Trinajstić information content (AvgIpc) is 2.61. The molecule has 92 valence electrons. The molecule has 0 spiro atoms. The second-order valence-electron chi connectivity index (χ2n) is 4.96. The number of carbonyl (C=O) groups excluding carboxylic acids is 2. The molecule has 1 fully saturated rings. The van der Waals surface area contributed by atoms with E-state index in [-0.39, 0.29) is 11.8 Å². The Morgan fingerprint density at radius 2 is 1.75 bits per heavy atom. The Morgan fingerprint density at radius 3 is 2.12 bits per heavy atom. The lowest BCUT2D eigenvalue weighted by Gasteiger charge is -2.27. The van der Waals surface area contributed by atoms with Gasteiger partial charge in [0.05, 0.1) is 5.54 Å². The Labute approximate surface area is 95.9 Å². The van der Waals surface area contributed by atoms with Gasteiger partial charge in [-0.05, 0) is 18.8 Å². The maximum absolute atomic E-state index is 11.9. The van der Waals surface area contributed by atoms with Crippen LogP contribution in [-0.4, -0.2) is 23.4 Å². The fraction of sp³-hybridized carbons (Fsp3) is 0.818. The van der Waals surface area contributed by atoms with Gasteiger partial charge in [0.15, 0.2) is 0 Å².